The van der Waals surface area contributed by atoms with Crippen molar-refractivity contribution in [2.24, 2.45) is 11.8 Å². The van der Waals surface area contributed by atoms with Crippen molar-refractivity contribution in [3.63, 3.8) is 0 Å². The molecule has 4 aliphatic heterocycles. The molecule has 2 aromatic rings. The molecule has 0 radical (unpaired) electrons. The summed E-state index contributed by atoms with van der Waals surface area (Å²) in [5.74, 6) is -2.83. The Morgan fingerprint density at radius 2 is 1.49 bits per heavy atom. The second-order valence-electron chi connectivity index (χ2n) is 21.7. The Morgan fingerprint density at radius 1 is 0.782 bits per heavy atom. The number of ether oxygens (including phenoxy) is 7. The molecular weight excluding hydrogens is 1030 g/mol. The molecule has 1 aromatic heterocycles. The highest BCUT2D eigenvalue weighted by Gasteiger charge is 2.54. The second kappa shape index (κ2) is 26.9. The van der Waals surface area contributed by atoms with Crippen molar-refractivity contribution in [1.29, 1.82) is 0 Å². The molecule has 9 unspecified atom stereocenters. The van der Waals surface area contributed by atoms with Gasteiger partial charge >= 0.3 is 0 Å². The Hall–Kier alpha value is -4.36. The highest BCUT2D eigenvalue weighted by molar-refractivity contribution is 5.82. The maximum Gasteiger partial charge on any atom is 0.251 e. The lowest BCUT2D eigenvalue weighted by Crippen LogP contribution is -2.68. The summed E-state index contributed by atoms with van der Waals surface area (Å²) >= 11 is 0. The molecule has 4 saturated heterocycles. The van der Waals surface area contributed by atoms with Gasteiger partial charge in [0.15, 0.2) is 18.9 Å². The van der Waals surface area contributed by atoms with Crippen LogP contribution in [-0.2, 0) is 52.3 Å². The van der Waals surface area contributed by atoms with Crippen molar-refractivity contribution >= 4 is 23.6 Å². The Balaban J connectivity index is 1.02. The third-order valence-electron chi connectivity index (χ3n) is 15.9. The first-order valence-corrected chi connectivity index (χ1v) is 27.3. The van der Waals surface area contributed by atoms with Crippen LogP contribution in [0.4, 0.5) is 0 Å². The molecule has 5 heterocycles. The van der Waals surface area contributed by atoms with Gasteiger partial charge in [0.05, 0.1) is 44.3 Å². The van der Waals surface area contributed by atoms with E-state index in [1.54, 1.807) is 11.1 Å². The van der Waals surface area contributed by atoms with E-state index < -0.39 is 153 Å². The highest BCUT2D eigenvalue weighted by atomic mass is 16.7. The molecule has 2 aliphatic carbocycles. The molecule has 0 bridgehead atoms. The number of rotatable bonds is 20. The standard InChI is InChI=1S/C52H79N7O19/c1-25-10-8-13-30(18-25)33-22-59(57-56-33)39-41(65)36(23-60)77-51(43(39)67)72-17-14-53-48(70)31-20-32(54-27(3)62)46(78-52-45(69)44(68)40(64)26(2)73-52)34(21-31)75-50-38(55-28(4)63)47(42(66)37(24-61)76-50)74-35(49(71)58-15-9-16-58)19-29-11-6-5-7-12-29/h8,10,13,18,22,26,29,31-32,34-47,50-52,60-61,64-69H,5-7,9,11-12,14-17,19-21,23-24H2,1-4H3,(H,53,70)(H,54,62)(H,55,63)/t26?,31?,32?,34-,35+,36?,37+,38?,39?,40-,41-,42+,43?,44+,45?,46-,47?,50-,51+,52+/m1/s1. The number of likely N-dealkylation sites (tertiary alicyclic amines) is 1. The van der Waals surface area contributed by atoms with Gasteiger partial charge in [-0.15, -0.1) is 5.10 Å². The van der Waals surface area contributed by atoms with Crippen molar-refractivity contribution < 1.29 is 93.2 Å². The summed E-state index contributed by atoms with van der Waals surface area (Å²) < 4.78 is 44.8. The van der Waals surface area contributed by atoms with Crippen LogP contribution in [0.5, 0.6) is 0 Å². The number of benzene rings is 1. The number of carbonyl (C=O) groups excluding carboxylic acids is 4. The van der Waals surface area contributed by atoms with Crippen LogP contribution in [0.15, 0.2) is 30.5 Å². The van der Waals surface area contributed by atoms with Crippen molar-refractivity contribution in [3.05, 3.63) is 36.0 Å². The number of aryl methyl sites for hydroxylation is 1. The zero-order chi connectivity index (χ0) is 55.9. The topological polar surface area (TPSA) is 365 Å². The van der Waals surface area contributed by atoms with Crippen LogP contribution in [0.25, 0.3) is 11.3 Å². The fraction of sp³-hybridized carbons (Fsp3) is 0.769. The third kappa shape index (κ3) is 14.0. The average Bonchev–Trinajstić information content (AvgIpc) is 3.96. The molecule has 11 N–H and O–H groups in total. The van der Waals surface area contributed by atoms with E-state index in [1.807, 2.05) is 31.2 Å². The first-order valence-electron chi connectivity index (χ1n) is 27.3. The van der Waals surface area contributed by atoms with Gasteiger partial charge < -0.3 is 94.9 Å². The predicted octanol–water partition coefficient (Wildman–Crippen LogP) is -2.58. The number of aromatic nitrogens is 3. The minimum Gasteiger partial charge on any atom is -0.394 e. The lowest BCUT2D eigenvalue weighted by Gasteiger charge is -2.49. The lowest BCUT2D eigenvalue weighted by atomic mass is 9.80. The van der Waals surface area contributed by atoms with Crippen LogP contribution in [-0.4, -0.2) is 234 Å². The second-order valence-corrected chi connectivity index (χ2v) is 21.7. The minimum atomic E-state index is -1.81. The maximum atomic E-state index is 14.3. The summed E-state index contributed by atoms with van der Waals surface area (Å²) in [5, 5.41) is 105. The smallest absolute Gasteiger partial charge is 0.251 e. The molecule has 0 spiro atoms. The zero-order valence-electron chi connectivity index (χ0n) is 44.5. The number of aliphatic hydroxyl groups is 8. The first kappa shape index (κ1) is 59.8. The van der Waals surface area contributed by atoms with E-state index in [2.05, 4.69) is 26.3 Å². The first-order chi connectivity index (χ1) is 37.3. The highest BCUT2D eigenvalue weighted by Crippen LogP contribution is 2.38. The molecule has 26 nitrogen and oxygen atoms in total. The van der Waals surface area contributed by atoms with Crippen LogP contribution in [0.3, 0.4) is 0 Å². The van der Waals surface area contributed by atoms with Crippen molar-refractivity contribution in [2.75, 3.05) is 39.5 Å². The van der Waals surface area contributed by atoms with Gasteiger partial charge in [0, 0.05) is 45.0 Å². The molecule has 78 heavy (non-hydrogen) atoms. The van der Waals surface area contributed by atoms with Gasteiger partial charge in [0.1, 0.15) is 84.9 Å². The van der Waals surface area contributed by atoms with Crippen molar-refractivity contribution in [3.8, 4) is 11.3 Å². The van der Waals surface area contributed by atoms with Crippen LogP contribution < -0.4 is 16.0 Å². The number of hydrogen-bond acceptors (Lipinski definition) is 21. The Bertz CT molecular complexity index is 2310. The number of amides is 4. The molecule has 20 atom stereocenters. The van der Waals surface area contributed by atoms with Gasteiger partial charge in [-0.2, -0.15) is 0 Å². The SMILES string of the molecule is CC(=O)NC1C(O[C@@H](CC2CCCCC2)C(=O)N2CCC2)[C@@H](O)[C@H](CO)O[C@H]1O[C@@H]1CC(C(=O)NCCO[C@H]2OC(CO)[C@@H](O)C(n3cc(-c4cccc(C)c4)nn3)C2O)CC(NC(C)=O)[C@H]1O[C@@H]1OC(C)[C@@H](O)[C@H](O)C1O. The molecule has 26 heteroatoms. The predicted molar refractivity (Wildman–Crippen MR) is 269 cm³/mol. The monoisotopic (exact) mass is 1110 g/mol. The van der Waals surface area contributed by atoms with Crippen molar-refractivity contribution in [2.45, 2.75) is 202 Å². The Labute approximate surface area is 452 Å². The van der Waals surface area contributed by atoms with E-state index in [-0.39, 0.29) is 37.8 Å². The molecule has 1 aromatic carbocycles. The number of carbonyl (C=O) groups is 4. The summed E-state index contributed by atoms with van der Waals surface area (Å²) in [5.41, 5.74) is 2.21. The van der Waals surface area contributed by atoms with Crippen LogP contribution in [0, 0.1) is 18.8 Å². The van der Waals surface area contributed by atoms with Gasteiger partial charge in [0.2, 0.25) is 17.7 Å². The average molecular weight is 1110 g/mol. The summed E-state index contributed by atoms with van der Waals surface area (Å²) in [6, 6.07) is 3.90. The number of nitrogens with one attached hydrogen (secondary N) is 3. The van der Waals surface area contributed by atoms with Crippen LogP contribution in [0.2, 0.25) is 0 Å². The summed E-state index contributed by atoms with van der Waals surface area (Å²) in [6.07, 6.45) is -15.7. The Morgan fingerprint density at radius 3 is 2.15 bits per heavy atom. The maximum absolute atomic E-state index is 14.3. The van der Waals surface area contributed by atoms with E-state index in [4.69, 9.17) is 33.2 Å². The largest absolute Gasteiger partial charge is 0.394 e. The normalized spacial score (nSPS) is 37.0. The van der Waals surface area contributed by atoms with Gasteiger partial charge in [-0.3, -0.25) is 19.2 Å². The molecule has 4 amide bonds. The minimum absolute atomic E-state index is 0.100. The van der Waals surface area contributed by atoms with E-state index in [0.717, 1.165) is 49.7 Å². The molecule has 8 rings (SSSR count). The summed E-state index contributed by atoms with van der Waals surface area (Å²) in [7, 11) is 0. The number of aliphatic hydroxyl groups excluding tert-OH is 8. The molecule has 6 aliphatic rings. The van der Waals surface area contributed by atoms with E-state index in [0.29, 0.717) is 25.2 Å². The van der Waals surface area contributed by atoms with E-state index in [1.165, 1.54) is 25.5 Å². The Kier molecular flexibility index (Phi) is 20.6. The molecule has 436 valence electrons. The van der Waals surface area contributed by atoms with Gasteiger partial charge in [-0.05, 0) is 51.5 Å². The zero-order valence-corrected chi connectivity index (χ0v) is 44.5. The molecule has 2 saturated carbocycles. The fourth-order valence-electron chi connectivity index (χ4n) is 11.6. The van der Waals surface area contributed by atoms with Crippen LogP contribution >= 0.6 is 0 Å². The van der Waals surface area contributed by atoms with E-state index in [9.17, 15) is 60.0 Å². The summed E-state index contributed by atoms with van der Waals surface area (Å²) in [4.78, 5) is 56.1. The molecular formula is C52H79N7O19. The van der Waals surface area contributed by atoms with Crippen LogP contribution in [0.1, 0.15) is 90.2 Å². The summed E-state index contributed by atoms with van der Waals surface area (Å²) in [6.45, 7) is 5.09. The molecule has 6 fully saturated rings. The van der Waals surface area contributed by atoms with Gasteiger partial charge in [-0.1, -0.05) is 61.1 Å². The third-order valence-corrected chi connectivity index (χ3v) is 15.9. The van der Waals surface area contributed by atoms with Gasteiger partial charge in [0.25, 0.3) is 5.91 Å². The van der Waals surface area contributed by atoms with E-state index >= 15 is 0 Å². The fourth-order valence-corrected chi connectivity index (χ4v) is 11.6. The number of nitrogens with zero attached hydrogens (tertiary/aromatic N) is 4. The van der Waals surface area contributed by atoms with Crippen molar-refractivity contribution in [1.82, 2.24) is 35.8 Å². The van der Waals surface area contributed by atoms with Gasteiger partial charge in [-0.25, -0.2) is 4.68 Å². The lowest BCUT2D eigenvalue weighted by molar-refractivity contribution is -0.335. The quantitative estimate of drug-likeness (QED) is 0.0607. The number of hydrogen-bond donors (Lipinski definition) is 11.